The van der Waals surface area contributed by atoms with Crippen molar-refractivity contribution in [2.45, 2.75) is 43.9 Å². The molecule has 0 bridgehead atoms. The Labute approximate surface area is 129 Å². The zero-order valence-electron chi connectivity index (χ0n) is 12.6. The summed E-state index contributed by atoms with van der Waals surface area (Å²) in [5.41, 5.74) is 0.184. The van der Waals surface area contributed by atoms with Crippen LogP contribution in [0, 0.1) is 0 Å². The molecule has 20 heavy (non-hydrogen) atoms. The molecule has 0 radical (unpaired) electrons. The van der Waals surface area contributed by atoms with Gasteiger partial charge in [-0.3, -0.25) is 4.68 Å². The zero-order chi connectivity index (χ0) is 14.8. The van der Waals surface area contributed by atoms with E-state index in [0.29, 0.717) is 6.04 Å². The molecule has 0 spiro atoms. The molecule has 1 aliphatic carbocycles. The van der Waals surface area contributed by atoms with E-state index < -0.39 is 5.60 Å². The first-order valence-electron chi connectivity index (χ1n) is 7.22. The molecule has 0 aliphatic heterocycles. The monoisotopic (exact) mass is 344 g/mol. The van der Waals surface area contributed by atoms with Crippen molar-refractivity contribution in [3.63, 3.8) is 0 Å². The highest BCUT2D eigenvalue weighted by molar-refractivity contribution is 9.10. The minimum Gasteiger partial charge on any atom is -0.384 e. The zero-order valence-corrected chi connectivity index (χ0v) is 14.2. The van der Waals surface area contributed by atoms with Crippen molar-refractivity contribution in [2.24, 2.45) is 0 Å². The van der Waals surface area contributed by atoms with E-state index in [1.807, 2.05) is 25.8 Å². The van der Waals surface area contributed by atoms with Crippen LogP contribution in [0.25, 0.3) is 0 Å². The third-order valence-corrected chi connectivity index (χ3v) is 4.80. The maximum absolute atomic E-state index is 11.0. The number of hydrogen-bond donors (Lipinski definition) is 2. The molecule has 0 atom stereocenters. The van der Waals surface area contributed by atoms with E-state index in [4.69, 9.17) is 0 Å². The molecule has 0 amide bonds. The quantitative estimate of drug-likeness (QED) is 0.850. The molecule has 1 aromatic rings. The van der Waals surface area contributed by atoms with Crippen LogP contribution in [0.5, 0.6) is 0 Å². The first-order valence-corrected chi connectivity index (χ1v) is 8.02. The average Bonchev–Trinajstić information content (AvgIpc) is 2.79. The third kappa shape index (κ3) is 3.42. The van der Waals surface area contributed by atoms with Gasteiger partial charge < -0.3 is 15.3 Å². The third-order valence-electron chi connectivity index (χ3n) is 4.22. The number of aliphatic hydroxyl groups is 1. The Balaban J connectivity index is 2.16. The maximum atomic E-state index is 11.0. The molecular formula is C14H25BrN4O. The second-order valence-electron chi connectivity index (χ2n) is 5.96. The number of nitrogens with zero attached hydrogens (tertiary/aromatic N) is 3. The van der Waals surface area contributed by atoms with Crippen LogP contribution in [0.3, 0.4) is 0 Å². The van der Waals surface area contributed by atoms with E-state index >= 15 is 0 Å². The van der Waals surface area contributed by atoms with Crippen LogP contribution in [-0.2, 0) is 12.1 Å². The summed E-state index contributed by atoms with van der Waals surface area (Å²) in [4.78, 5) is 2.13. The fraction of sp³-hybridized carbons (Fsp3) is 0.786. The van der Waals surface area contributed by atoms with Crippen molar-refractivity contribution in [2.75, 3.05) is 27.7 Å². The van der Waals surface area contributed by atoms with Gasteiger partial charge in [0.1, 0.15) is 5.60 Å². The summed E-state index contributed by atoms with van der Waals surface area (Å²) < 4.78 is 2.87. The van der Waals surface area contributed by atoms with Crippen LogP contribution in [0.4, 0.5) is 0 Å². The Hall–Kier alpha value is -0.430. The Morgan fingerprint density at radius 3 is 2.70 bits per heavy atom. The van der Waals surface area contributed by atoms with Gasteiger partial charge in [0.15, 0.2) is 0 Å². The predicted molar refractivity (Wildman–Crippen MR) is 83.7 cm³/mol. The molecule has 6 heteroatoms. The SMILES string of the molecule is CNC1CCC(O)(c2c(Br)cnn2CCN(C)C)CC1. The predicted octanol–water partition coefficient (Wildman–Crippen LogP) is 1.56. The minimum atomic E-state index is -0.755. The summed E-state index contributed by atoms with van der Waals surface area (Å²) in [5, 5.41) is 18.8. The van der Waals surface area contributed by atoms with Gasteiger partial charge >= 0.3 is 0 Å². The van der Waals surface area contributed by atoms with E-state index in [0.717, 1.165) is 48.9 Å². The molecule has 0 unspecified atom stereocenters. The van der Waals surface area contributed by atoms with Gasteiger partial charge in [-0.15, -0.1) is 0 Å². The lowest BCUT2D eigenvalue weighted by atomic mass is 9.80. The summed E-state index contributed by atoms with van der Waals surface area (Å²) >= 11 is 3.55. The van der Waals surface area contributed by atoms with Crippen LogP contribution >= 0.6 is 15.9 Å². The fourth-order valence-electron chi connectivity index (χ4n) is 2.91. The van der Waals surface area contributed by atoms with Gasteiger partial charge in [-0.1, -0.05) is 0 Å². The van der Waals surface area contributed by atoms with Crippen LogP contribution in [0.15, 0.2) is 10.7 Å². The Morgan fingerprint density at radius 1 is 1.50 bits per heavy atom. The second kappa shape index (κ2) is 6.56. The highest BCUT2D eigenvalue weighted by Crippen LogP contribution is 2.40. The number of nitrogens with one attached hydrogen (secondary N) is 1. The van der Waals surface area contributed by atoms with Crippen LogP contribution in [-0.4, -0.2) is 53.5 Å². The highest BCUT2D eigenvalue weighted by atomic mass is 79.9. The maximum Gasteiger partial charge on any atom is 0.107 e. The van der Waals surface area contributed by atoms with Crippen LogP contribution < -0.4 is 5.32 Å². The van der Waals surface area contributed by atoms with Gasteiger partial charge in [-0.05, 0) is 62.8 Å². The van der Waals surface area contributed by atoms with Gasteiger partial charge in [0.05, 0.1) is 22.9 Å². The van der Waals surface area contributed by atoms with Crippen molar-refractivity contribution in [3.8, 4) is 0 Å². The summed E-state index contributed by atoms with van der Waals surface area (Å²) in [7, 11) is 6.09. The number of aromatic nitrogens is 2. The lowest BCUT2D eigenvalue weighted by Gasteiger charge is -2.36. The van der Waals surface area contributed by atoms with Gasteiger partial charge in [0.25, 0.3) is 0 Å². The smallest absolute Gasteiger partial charge is 0.107 e. The van der Waals surface area contributed by atoms with Crippen molar-refractivity contribution in [3.05, 3.63) is 16.4 Å². The number of halogens is 1. The first-order chi connectivity index (χ1) is 9.46. The summed E-state index contributed by atoms with van der Waals surface area (Å²) in [6.45, 7) is 1.71. The van der Waals surface area contributed by atoms with E-state index in [1.54, 1.807) is 6.20 Å². The van der Waals surface area contributed by atoms with Crippen molar-refractivity contribution >= 4 is 15.9 Å². The molecule has 1 aliphatic rings. The molecule has 1 heterocycles. The Bertz CT molecular complexity index is 438. The van der Waals surface area contributed by atoms with Crippen molar-refractivity contribution in [1.29, 1.82) is 0 Å². The van der Waals surface area contributed by atoms with Crippen molar-refractivity contribution < 1.29 is 5.11 Å². The Kier molecular flexibility index (Phi) is 5.23. The average molecular weight is 345 g/mol. The second-order valence-corrected chi connectivity index (χ2v) is 6.82. The lowest BCUT2D eigenvalue weighted by Crippen LogP contribution is -2.40. The van der Waals surface area contributed by atoms with Gasteiger partial charge in [0, 0.05) is 12.6 Å². The van der Waals surface area contributed by atoms with Crippen molar-refractivity contribution in [1.82, 2.24) is 20.0 Å². The van der Waals surface area contributed by atoms with Crippen LogP contribution in [0.2, 0.25) is 0 Å². The summed E-state index contributed by atoms with van der Waals surface area (Å²) in [6.07, 6.45) is 5.36. The molecule has 5 nitrogen and oxygen atoms in total. The molecule has 0 aromatic carbocycles. The normalized spacial score (nSPS) is 27.2. The molecule has 1 fully saturated rings. The number of rotatable bonds is 5. The molecule has 2 N–H and O–H groups in total. The van der Waals surface area contributed by atoms with E-state index in [9.17, 15) is 5.11 Å². The summed E-state index contributed by atoms with van der Waals surface area (Å²) in [6, 6.07) is 0.521. The van der Waals surface area contributed by atoms with E-state index in [2.05, 4.69) is 31.2 Å². The standard InChI is InChI=1S/C14H25BrN4O/c1-16-11-4-6-14(20,7-5-11)13-12(15)10-17-19(13)9-8-18(2)3/h10-11,16,20H,4-9H2,1-3H3. The fourth-order valence-corrected chi connectivity index (χ4v) is 3.58. The molecule has 114 valence electrons. The van der Waals surface area contributed by atoms with E-state index in [-0.39, 0.29) is 0 Å². The molecule has 1 saturated carbocycles. The largest absolute Gasteiger partial charge is 0.384 e. The van der Waals surface area contributed by atoms with E-state index in [1.165, 1.54) is 0 Å². The van der Waals surface area contributed by atoms with Gasteiger partial charge in [-0.2, -0.15) is 5.10 Å². The molecular weight excluding hydrogens is 320 g/mol. The molecule has 2 rings (SSSR count). The summed E-state index contributed by atoms with van der Waals surface area (Å²) in [5.74, 6) is 0. The first kappa shape index (κ1) is 15.9. The highest BCUT2D eigenvalue weighted by Gasteiger charge is 2.38. The van der Waals surface area contributed by atoms with Gasteiger partial charge in [-0.25, -0.2) is 0 Å². The van der Waals surface area contributed by atoms with Crippen LogP contribution in [0.1, 0.15) is 31.4 Å². The lowest BCUT2D eigenvalue weighted by molar-refractivity contribution is -0.0163. The number of hydrogen-bond acceptors (Lipinski definition) is 4. The topological polar surface area (TPSA) is 53.3 Å². The number of likely N-dealkylation sites (N-methyl/N-ethyl adjacent to an activating group) is 1. The molecule has 0 saturated heterocycles. The minimum absolute atomic E-state index is 0.521. The Morgan fingerprint density at radius 2 is 2.15 bits per heavy atom. The molecule has 1 aromatic heterocycles. The van der Waals surface area contributed by atoms with Gasteiger partial charge in [0.2, 0.25) is 0 Å².